The first-order valence-electron chi connectivity index (χ1n) is 10.8. The highest BCUT2D eigenvalue weighted by Crippen LogP contribution is 2.30. The molecule has 2 atom stereocenters. The number of methoxy groups -OCH3 is 1. The lowest BCUT2D eigenvalue weighted by molar-refractivity contribution is 0.0204. The van der Waals surface area contributed by atoms with Crippen molar-refractivity contribution in [2.24, 2.45) is 0 Å². The maximum Gasteiger partial charge on any atom is 0.350 e. The van der Waals surface area contributed by atoms with Gasteiger partial charge in [-0.15, -0.1) is 0 Å². The number of aryl methyl sites for hydroxylation is 1. The minimum atomic E-state index is -0.589. The first-order chi connectivity index (χ1) is 15.8. The first-order valence-corrected chi connectivity index (χ1v) is 12.0. The van der Waals surface area contributed by atoms with E-state index >= 15 is 0 Å². The third-order valence-electron chi connectivity index (χ3n) is 5.30. The SMILES string of the molecule is CCCO[C@@H]1CN(c2nc(C(C)=O)c(C(=O)OC)s2)CC[C@@H]1NC(=O)c1nc(Cl)c(CC)[nH]1. The Hall–Kier alpha value is -2.50. The molecule has 0 radical (unpaired) electrons. The van der Waals surface area contributed by atoms with Crippen LogP contribution >= 0.6 is 22.9 Å². The van der Waals surface area contributed by atoms with Crippen molar-refractivity contribution in [3.63, 3.8) is 0 Å². The quantitative estimate of drug-likeness (QED) is 0.400. The number of aromatic amines is 1. The van der Waals surface area contributed by atoms with E-state index in [-0.39, 0.29) is 40.2 Å². The van der Waals surface area contributed by atoms with Crippen molar-refractivity contribution < 1.29 is 23.9 Å². The van der Waals surface area contributed by atoms with Crippen LogP contribution in [0.1, 0.15) is 70.1 Å². The van der Waals surface area contributed by atoms with Crippen LogP contribution in [-0.4, -0.2) is 71.6 Å². The van der Waals surface area contributed by atoms with Gasteiger partial charge in [-0.05, 0) is 19.3 Å². The third kappa shape index (κ3) is 5.71. The lowest BCUT2D eigenvalue weighted by atomic mass is 10.0. The highest BCUT2D eigenvalue weighted by Gasteiger charge is 2.34. The number of halogens is 1. The largest absolute Gasteiger partial charge is 0.465 e. The van der Waals surface area contributed by atoms with Gasteiger partial charge in [0.05, 0.1) is 24.9 Å². The molecule has 0 spiro atoms. The average molecular weight is 498 g/mol. The molecule has 33 heavy (non-hydrogen) atoms. The maximum atomic E-state index is 12.8. The molecule has 3 heterocycles. The fourth-order valence-electron chi connectivity index (χ4n) is 3.57. The molecule has 180 valence electrons. The van der Waals surface area contributed by atoms with Gasteiger partial charge in [0, 0.05) is 26.6 Å². The molecule has 0 saturated carbocycles. The highest BCUT2D eigenvalue weighted by molar-refractivity contribution is 7.17. The van der Waals surface area contributed by atoms with E-state index in [1.807, 2.05) is 18.7 Å². The molecule has 10 nitrogen and oxygen atoms in total. The van der Waals surface area contributed by atoms with Gasteiger partial charge < -0.3 is 24.7 Å². The van der Waals surface area contributed by atoms with Crippen molar-refractivity contribution in [2.75, 3.05) is 31.7 Å². The highest BCUT2D eigenvalue weighted by atomic mass is 35.5. The molecule has 1 aliphatic heterocycles. The smallest absolute Gasteiger partial charge is 0.350 e. The molecule has 1 aliphatic rings. The Morgan fingerprint density at radius 1 is 1.30 bits per heavy atom. The standard InChI is InChI=1S/C21H28ClN5O5S/c1-5-9-32-14-10-27(21-25-15(11(3)28)16(33-21)20(30)31-4)8-7-13(14)24-19(29)18-23-12(6-2)17(22)26-18/h13-14H,5-10H2,1-4H3,(H,23,26)(H,24,29)/t13-,14+/m0/s1. The van der Waals surface area contributed by atoms with Gasteiger partial charge in [0.1, 0.15) is 10.6 Å². The summed E-state index contributed by atoms with van der Waals surface area (Å²) in [5, 5.41) is 3.84. The van der Waals surface area contributed by atoms with Crippen LogP contribution in [0, 0.1) is 0 Å². The molecule has 2 aromatic heterocycles. The lowest BCUT2D eigenvalue weighted by Crippen LogP contribution is -2.55. The van der Waals surface area contributed by atoms with Gasteiger partial charge in [-0.25, -0.2) is 14.8 Å². The zero-order valence-corrected chi connectivity index (χ0v) is 20.6. The fourth-order valence-corrected chi connectivity index (χ4v) is 4.91. The zero-order chi connectivity index (χ0) is 24.1. The van der Waals surface area contributed by atoms with Crippen LogP contribution in [0.5, 0.6) is 0 Å². The number of H-pyrrole nitrogens is 1. The maximum absolute atomic E-state index is 12.8. The van der Waals surface area contributed by atoms with E-state index < -0.39 is 5.97 Å². The predicted octanol–water partition coefficient (Wildman–Crippen LogP) is 2.88. The molecule has 12 heteroatoms. The number of thiazole rings is 1. The summed E-state index contributed by atoms with van der Waals surface area (Å²) >= 11 is 7.19. The van der Waals surface area contributed by atoms with Crippen molar-refractivity contribution in [3.05, 3.63) is 27.2 Å². The number of aromatic nitrogens is 3. The van der Waals surface area contributed by atoms with E-state index in [0.29, 0.717) is 48.5 Å². The lowest BCUT2D eigenvalue weighted by Gasteiger charge is -2.38. The summed E-state index contributed by atoms with van der Waals surface area (Å²) < 4.78 is 10.8. The Balaban J connectivity index is 1.77. The molecule has 0 bridgehead atoms. The van der Waals surface area contributed by atoms with E-state index in [9.17, 15) is 14.4 Å². The molecule has 3 rings (SSSR count). The molecule has 0 aromatic carbocycles. The number of nitrogens with one attached hydrogen (secondary N) is 2. The Bertz CT molecular complexity index is 1020. The number of carbonyl (C=O) groups is 3. The summed E-state index contributed by atoms with van der Waals surface area (Å²) in [6.07, 6.45) is 1.73. The van der Waals surface area contributed by atoms with Crippen molar-refractivity contribution >= 4 is 45.7 Å². The number of imidazole rings is 1. The van der Waals surface area contributed by atoms with Crippen LogP contribution in [-0.2, 0) is 15.9 Å². The first kappa shape index (κ1) is 25.1. The molecular weight excluding hydrogens is 470 g/mol. The molecule has 1 amide bonds. The van der Waals surface area contributed by atoms with Crippen molar-refractivity contribution in [3.8, 4) is 0 Å². The summed E-state index contributed by atoms with van der Waals surface area (Å²) in [4.78, 5) is 50.4. The molecular formula is C21H28ClN5O5S. The number of carbonyl (C=O) groups excluding carboxylic acids is 3. The Labute approximate surface area is 201 Å². The minimum absolute atomic E-state index is 0.102. The second-order valence-corrected chi connectivity index (χ2v) is 8.99. The number of ether oxygens (including phenoxy) is 2. The van der Waals surface area contributed by atoms with E-state index in [1.165, 1.54) is 14.0 Å². The molecule has 0 unspecified atom stereocenters. The van der Waals surface area contributed by atoms with E-state index in [1.54, 1.807) is 0 Å². The summed E-state index contributed by atoms with van der Waals surface area (Å²) in [6, 6.07) is -0.249. The monoisotopic (exact) mass is 497 g/mol. The van der Waals surface area contributed by atoms with Crippen molar-refractivity contribution in [1.29, 1.82) is 0 Å². The van der Waals surface area contributed by atoms with Gasteiger partial charge in [-0.1, -0.05) is 36.8 Å². The van der Waals surface area contributed by atoms with Crippen molar-refractivity contribution in [2.45, 2.75) is 52.2 Å². The number of anilines is 1. The minimum Gasteiger partial charge on any atom is -0.465 e. The van der Waals surface area contributed by atoms with Crippen LogP contribution in [0.15, 0.2) is 0 Å². The van der Waals surface area contributed by atoms with Gasteiger partial charge in [0.2, 0.25) is 0 Å². The Morgan fingerprint density at radius 2 is 2.06 bits per heavy atom. The number of Topliss-reactive ketones (excluding diaryl/α,β-unsaturated/α-hetero) is 1. The van der Waals surface area contributed by atoms with E-state index in [0.717, 1.165) is 17.8 Å². The topological polar surface area (TPSA) is 127 Å². The Kier molecular flexibility index (Phi) is 8.44. The number of hydrogen-bond acceptors (Lipinski definition) is 9. The Morgan fingerprint density at radius 3 is 2.67 bits per heavy atom. The van der Waals surface area contributed by atoms with Gasteiger partial charge >= 0.3 is 5.97 Å². The fraction of sp³-hybridized carbons (Fsp3) is 0.571. The molecule has 2 aromatic rings. The molecule has 1 saturated heterocycles. The normalized spacial score (nSPS) is 18.3. The zero-order valence-electron chi connectivity index (χ0n) is 19.1. The van der Waals surface area contributed by atoms with Crippen LogP contribution in [0.2, 0.25) is 5.15 Å². The van der Waals surface area contributed by atoms with Gasteiger partial charge in [0.15, 0.2) is 21.9 Å². The molecule has 0 aliphatic carbocycles. The average Bonchev–Trinajstić information content (AvgIpc) is 3.42. The van der Waals surface area contributed by atoms with Gasteiger partial charge in [0.25, 0.3) is 5.91 Å². The van der Waals surface area contributed by atoms with Crippen LogP contribution in [0.4, 0.5) is 5.13 Å². The third-order valence-corrected chi connectivity index (χ3v) is 6.71. The van der Waals surface area contributed by atoms with Crippen LogP contribution in [0.25, 0.3) is 0 Å². The second-order valence-electron chi connectivity index (χ2n) is 7.65. The number of nitrogens with zero attached hydrogens (tertiary/aromatic N) is 3. The summed E-state index contributed by atoms with van der Waals surface area (Å²) in [5.74, 6) is -1.07. The molecule has 2 N–H and O–H groups in total. The number of amides is 1. The van der Waals surface area contributed by atoms with Crippen LogP contribution in [0.3, 0.4) is 0 Å². The number of piperidine rings is 1. The van der Waals surface area contributed by atoms with Gasteiger partial charge in [-0.3, -0.25) is 9.59 Å². The number of esters is 1. The van der Waals surface area contributed by atoms with Gasteiger partial charge in [-0.2, -0.15) is 0 Å². The molecule has 1 fully saturated rings. The number of rotatable bonds is 9. The van der Waals surface area contributed by atoms with Crippen molar-refractivity contribution in [1.82, 2.24) is 20.3 Å². The van der Waals surface area contributed by atoms with Crippen LogP contribution < -0.4 is 10.2 Å². The number of hydrogen-bond donors (Lipinski definition) is 2. The summed E-state index contributed by atoms with van der Waals surface area (Å²) in [5.41, 5.74) is 0.812. The summed E-state index contributed by atoms with van der Waals surface area (Å²) in [7, 11) is 1.27. The number of ketones is 1. The van der Waals surface area contributed by atoms with E-state index in [2.05, 4.69) is 20.3 Å². The van der Waals surface area contributed by atoms with E-state index in [4.69, 9.17) is 21.1 Å². The summed E-state index contributed by atoms with van der Waals surface area (Å²) in [6.45, 7) is 6.82. The second kappa shape index (κ2) is 11.1. The predicted molar refractivity (Wildman–Crippen MR) is 125 cm³/mol.